The number of esters is 1. The van der Waals surface area contributed by atoms with Gasteiger partial charge in [-0.3, -0.25) is 10.1 Å². The van der Waals surface area contributed by atoms with Crippen LogP contribution in [0.4, 0.5) is 0 Å². The van der Waals surface area contributed by atoms with Crippen LogP contribution in [0.1, 0.15) is 33.6 Å². The van der Waals surface area contributed by atoms with Gasteiger partial charge in [-0.15, -0.1) is 6.42 Å². The third kappa shape index (κ3) is 4.85. The van der Waals surface area contributed by atoms with Crippen LogP contribution in [0.3, 0.4) is 0 Å². The molecule has 15 heavy (non-hydrogen) atoms. The highest BCUT2D eigenvalue weighted by molar-refractivity contribution is 5.80. The van der Waals surface area contributed by atoms with Crippen molar-refractivity contribution in [3.8, 4) is 12.3 Å². The zero-order valence-electron chi connectivity index (χ0n) is 10.1. The van der Waals surface area contributed by atoms with Gasteiger partial charge in [-0.25, -0.2) is 0 Å². The number of nitrogens with one attached hydrogen (secondary N) is 1. The molecule has 0 aliphatic rings. The summed E-state index contributed by atoms with van der Waals surface area (Å²) >= 11 is 0. The van der Waals surface area contributed by atoms with Gasteiger partial charge in [-0.2, -0.15) is 0 Å². The van der Waals surface area contributed by atoms with Crippen LogP contribution in [0.15, 0.2) is 0 Å². The number of rotatable bonds is 6. The second-order valence-corrected chi connectivity index (χ2v) is 4.31. The molecule has 0 aliphatic heterocycles. The molecule has 86 valence electrons. The first-order valence-corrected chi connectivity index (χ1v) is 5.23. The van der Waals surface area contributed by atoms with Crippen molar-refractivity contribution in [1.29, 1.82) is 0 Å². The Morgan fingerprint density at radius 2 is 2.20 bits per heavy atom. The summed E-state index contributed by atoms with van der Waals surface area (Å²) in [6.07, 6.45) is 6.87. The van der Waals surface area contributed by atoms with Gasteiger partial charge in [0.25, 0.3) is 0 Å². The van der Waals surface area contributed by atoms with Gasteiger partial charge < -0.3 is 4.74 Å². The lowest BCUT2D eigenvalue weighted by atomic mass is 9.92. The Balaban J connectivity index is 4.41. The summed E-state index contributed by atoms with van der Waals surface area (Å²) in [4.78, 5) is 11.6. The maximum Gasteiger partial charge on any atom is 0.325 e. The van der Waals surface area contributed by atoms with E-state index in [0.717, 1.165) is 12.8 Å². The van der Waals surface area contributed by atoms with Gasteiger partial charge in [0.15, 0.2) is 0 Å². The van der Waals surface area contributed by atoms with Crippen LogP contribution in [-0.2, 0) is 9.53 Å². The highest BCUT2D eigenvalue weighted by Crippen LogP contribution is 2.17. The van der Waals surface area contributed by atoms with Gasteiger partial charge in [-0.1, -0.05) is 19.8 Å². The van der Waals surface area contributed by atoms with Crippen molar-refractivity contribution in [3.63, 3.8) is 0 Å². The van der Waals surface area contributed by atoms with Crippen LogP contribution in [0.5, 0.6) is 0 Å². The van der Waals surface area contributed by atoms with Crippen LogP contribution in [0, 0.1) is 18.3 Å². The highest BCUT2D eigenvalue weighted by atomic mass is 16.5. The number of ether oxygens (including phenoxy) is 1. The summed E-state index contributed by atoms with van der Waals surface area (Å²) < 4.78 is 4.77. The number of hydrogen-bond acceptors (Lipinski definition) is 3. The molecule has 0 aromatic heterocycles. The Morgan fingerprint density at radius 1 is 1.60 bits per heavy atom. The molecule has 0 aromatic carbocycles. The second-order valence-electron chi connectivity index (χ2n) is 4.31. The van der Waals surface area contributed by atoms with Gasteiger partial charge in [0, 0.05) is 0 Å². The van der Waals surface area contributed by atoms with Crippen molar-refractivity contribution in [1.82, 2.24) is 5.32 Å². The normalized spacial score (nSPS) is 14.4. The van der Waals surface area contributed by atoms with E-state index in [1.54, 1.807) is 0 Å². The lowest BCUT2D eigenvalue weighted by Crippen LogP contribution is -2.50. The lowest BCUT2D eigenvalue weighted by molar-refractivity contribution is -0.148. The van der Waals surface area contributed by atoms with Gasteiger partial charge in [0.1, 0.15) is 5.54 Å². The van der Waals surface area contributed by atoms with Crippen molar-refractivity contribution in [2.75, 3.05) is 13.7 Å². The Labute approximate surface area is 92.6 Å². The fraction of sp³-hybridized carbons (Fsp3) is 0.750. The zero-order valence-corrected chi connectivity index (χ0v) is 10.1. The first-order valence-electron chi connectivity index (χ1n) is 5.23. The molecule has 0 radical (unpaired) electrons. The fourth-order valence-corrected chi connectivity index (χ4v) is 1.31. The Bertz CT molecular complexity index is 242. The van der Waals surface area contributed by atoms with E-state index in [1.807, 2.05) is 6.92 Å². The van der Waals surface area contributed by atoms with Gasteiger partial charge in [-0.05, 0) is 25.7 Å². The molecule has 0 bridgehead atoms. The summed E-state index contributed by atoms with van der Waals surface area (Å²) in [5, 5.41) is 3.04. The van der Waals surface area contributed by atoms with E-state index in [1.165, 1.54) is 7.11 Å². The molecule has 3 heteroatoms. The average molecular weight is 211 g/mol. The van der Waals surface area contributed by atoms with E-state index >= 15 is 0 Å². The van der Waals surface area contributed by atoms with E-state index < -0.39 is 5.54 Å². The van der Waals surface area contributed by atoms with Crippen LogP contribution < -0.4 is 5.32 Å². The van der Waals surface area contributed by atoms with Gasteiger partial charge in [0.2, 0.25) is 0 Å². The molecule has 0 saturated carbocycles. The maximum absolute atomic E-state index is 11.6. The molecule has 1 atom stereocenters. The van der Waals surface area contributed by atoms with Crippen molar-refractivity contribution in [2.24, 2.45) is 5.92 Å². The number of hydrogen-bond donors (Lipinski definition) is 1. The Hall–Kier alpha value is -1.01. The third-order valence-corrected chi connectivity index (χ3v) is 2.44. The summed E-state index contributed by atoms with van der Waals surface area (Å²) in [6, 6.07) is 0. The Kier molecular flexibility index (Phi) is 6.03. The predicted molar refractivity (Wildman–Crippen MR) is 61.3 cm³/mol. The fourth-order valence-electron chi connectivity index (χ4n) is 1.31. The quantitative estimate of drug-likeness (QED) is 0.535. The van der Waals surface area contributed by atoms with E-state index in [9.17, 15) is 4.79 Å². The first kappa shape index (κ1) is 14.0. The Morgan fingerprint density at radius 3 is 2.60 bits per heavy atom. The third-order valence-electron chi connectivity index (χ3n) is 2.44. The smallest absolute Gasteiger partial charge is 0.325 e. The summed E-state index contributed by atoms with van der Waals surface area (Å²) in [7, 11) is 1.40. The predicted octanol–water partition coefficient (Wildman–Crippen LogP) is 1.58. The van der Waals surface area contributed by atoms with Crippen LogP contribution in [-0.4, -0.2) is 25.2 Å². The minimum atomic E-state index is -0.661. The molecule has 0 spiro atoms. The van der Waals surface area contributed by atoms with Crippen molar-refractivity contribution in [3.05, 3.63) is 0 Å². The standard InChI is InChI=1S/C12H21NO2/c1-6-9-13-12(4,11(14)15-5)8-7-10(2)3/h1,10,13H,7-9H2,2-5H3. The highest BCUT2D eigenvalue weighted by Gasteiger charge is 2.33. The van der Waals surface area contributed by atoms with E-state index in [2.05, 4.69) is 25.1 Å². The minimum absolute atomic E-state index is 0.251. The van der Waals surface area contributed by atoms with Crippen LogP contribution >= 0.6 is 0 Å². The molecule has 0 aliphatic carbocycles. The molecule has 0 heterocycles. The lowest BCUT2D eigenvalue weighted by Gasteiger charge is -2.27. The summed E-state index contributed by atoms with van der Waals surface area (Å²) in [5.74, 6) is 2.78. The minimum Gasteiger partial charge on any atom is -0.468 e. The average Bonchev–Trinajstić information content (AvgIpc) is 2.22. The van der Waals surface area contributed by atoms with Crippen LogP contribution in [0.2, 0.25) is 0 Å². The summed E-state index contributed by atoms with van der Waals surface area (Å²) in [5.41, 5.74) is -0.661. The van der Waals surface area contributed by atoms with Crippen molar-refractivity contribution in [2.45, 2.75) is 39.2 Å². The molecular weight excluding hydrogens is 190 g/mol. The maximum atomic E-state index is 11.6. The monoisotopic (exact) mass is 211 g/mol. The second kappa shape index (κ2) is 6.47. The molecule has 0 rings (SSSR count). The van der Waals surface area contributed by atoms with E-state index in [-0.39, 0.29) is 5.97 Å². The molecule has 0 saturated heterocycles. The van der Waals surface area contributed by atoms with E-state index in [4.69, 9.17) is 11.2 Å². The van der Waals surface area contributed by atoms with Crippen molar-refractivity contribution >= 4 is 5.97 Å². The van der Waals surface area contributed by atoms with Gasteiger partial charge in [0.05, 0.1) is 13.7 Å². The van der Waals surface area contributed by atoms with E-state index in [0.29, 0.717) is 12.5 Å². The van der Waals surface area contributed by atoms with Crippen LogP contribution in [0.25, 0.3) is 0 Å². The van der Waals surface area contributed by atoms with Crippen molar-refractivity contribution < 1.29 is 9.53 Å². The molecule has 0 aromatic rings. The number of terminal acetylenes is 1. The SMILES string of the molecule is C#CCNC(C)(CCC(C)C)C(=O)OC. The molecule has 1 unspecified atom stereocenters. The summed E-state index contributed by atoms with van der Waals surface area (Å²) in [6.45, 7) is 6.46. The molecule has 1 N–H and O–H groups in total. The van der Waals surface area contributed by atoms with Gasteiger partial charge >= 0.3 is 5.97 Å². The number of carbonyl (C=O) groups is 1. The molecule has 0 amide bonds. The zero-order chi connectivity index (χ0) is 11.9. The topological polar surface area (TPSA) is 38.3 Å². The number of carbonyl (C=O) groups excluding carboxylic acids is 1. The largest absolute Gasteiger partial charge is 0.468 e. The molecular formula is C12H21NO2. The molecule has 3 nitrogen and oxygen atoms in total. The molecule has 0 fully saturated rings. The first-order chi connectivity index (χ1) is 6.96. The number of methoxy groups -OCH3 is 1.